The van der Waals surface area contributed by atoms with Crippen LogP contribution in [-0.4, -0.2) is 42.2 Å². The van der Waals surface area contributed by atoms with Gasteiger partial charge in [0.05, 0.1) is 13.0 Å². The summed E-state index contributed by atoms with van der Waals surface area (Å²) in [7, 11) is 1.35. The molecule has 0 unspecified atom stereocenters. The molecule has 1 aromatic rings. The number of methoxy groups -OCH3 is 1. The van der Waals surface area contributed by atoms with Crippen LogP contribution >= 0.6 is 0 Å². The highest BCUT2D eigenvalue weighted by atomic mass is 16.5. The summed E-state index contributed by atoms with van der Waals surface area (Å²) >= 11 is 0. The maximum atomic E-state index is 12.3. The molecule has 126 valence electrons. The predicted octanol–water partition coefficient (Wildman–Crippen LogP) is 2.10. The van der Waals surface area contributed by atoms with Gasteiger partial charge in [0, 0.05) is 19.6 Å². The lowest BCUT2D eigenvalue weighted by Gasteiger charge is -2.30. The summed E-state index contributed by atoms with van der Waals surface area (Å²) in [5.41, 5.74) is 2.54. The molecule has 1 aliphatic rings. The summed E-state index contributed by atoms with van der Waals surface area (Å²) in [6.07, 6.45) is 1.18. The number of nitrogens with zero attached hydrogens (tertiary/aromatic N) is 1. The number of hydrogen-bond acceptors (Lipinski definition) is 4. The Bertz CT molecular complexity index is 577. The number of aromatic hydroxyl groups is 1. The first-order valence-corrected chi connectivity index (χ1v) is 7.82. The number of piperidine rings is 1. The quantitative estimate of drug-likeness (QED) is 0.894. The fraction of sp³-hybridized carbons (Fsp3) is 0.529. The van der Waals surface area contributed by atoms with E-state index in [4.69, 9.17) is 4.74 Å². The summed E-state index contributed by atoms with van der Waals surface area (Å²) in [6, 6.07) is 3.73. The highest BCUT2D eigenvalue weighted by Crippen LogP contribution is 2.23. The van der Waals surface area contributed by atoms with Gasteiger partial charge in [-0.25, -0.2) is 4.79 Å². The number of likely N-dealkylation sites (tertiary alicyclic amines) is 1. The molecule has 0 aromatic heterocycles. The number of ether oxygens (including phenoxy) is 1. The molecule has 6 heteroatoms. The molecule has 2 amide bonds. The van der Waals surface area contributed by atoms with Crippen LogP contribution in [0.2, 0.25) is 0 Å². The molecule has 2 rings (SSSR count). The van der Waals surface area contributed by atoms with Gasteiger partial charge in [-0.15, -0.1) is 0 Å². The van der Waals surface area contributed by atoms with Crippen molar-refractivity contribution >= 4 is 12.0 Å². The monoisotopic (exact) mass is 320 g/mol. The minimum absolute atomic E-state index is 0.0537. The second-order valence-electron chi connectivity index (χ2n) is 6.05. The maximum absolute atomic E-state index is 12.3. The molecule has 0 aliphatic carbocycles. The topological polar surface area (TPSA) is 78.9 Å². The van der Waals surface area contributed by atoms with Gasteiger partial charge in [0.2, 0.25) is 5.91 Å². The van der Waals surface area contributed by atoms with E-state index in [0.29, 0.717) is 25.4 Å². The summed E-state index contributed by atoms with van der Waals surface area (Å²) < 4.78 is 4.72. The zero-order chi connectivity index (χ0) is 17.0. The van der Waals surface area contributed by atoms with Crippen LogP contribution < -0.4 is 5.32 Å². The largest absolute Gasteiger partial charge is 0.507 e. The predicted molar refractivity (Wildman–Crippen MR) is 86.1 cm³/mol. The molecular formula is C17H24N2O4. The minimum Gasteiger partial charge on any atom is -0.507 e. The van der Waals surface area contributed by atoms with Crippen LogP contribution in [0.25, 0.3) is 0 Å². The van der Waals surface area contributed by atoms with Gasteiger partial charge >= 0.3 is 6.09 Å². The Hall–Kier alpha value is -2.24. The molecule has 2 N–H and O–H groups in total. The van der Waals surface area contributed by atoms with E-state index in [2.05, 4.69) is 5.32 Å². The summed E-state index contributed by atoms with van der Waals surface area (Å²) in [4.78, 5) is 25.5. The van der Waals surface area contributed by atoms with Crippen LogP contribution in [0.15, 0.2) is 12.1 Å². The molecule has 0 saturated carbocycles. The maximum Gasteiger partial charge on any atom is 0.409 e. The lowest BCUT2D eigenvalue weighted by molar-refractivity contribution is -0.126. The van der Waals surface area contributed by atoms with Crippen molar-refractivity contribution in [2.45, 2.75) is 33.2 Å². The number of aryl methyl sites for hydroxylation is 2. The van der Waals surface area contributed by atoms with E-state index in [-0.39, 0.29) is 17.9 Å². The van der Waals surface area contributed by atoms with Crippen molar-refractivity contribution in [3.05, 3.63) is 28.8 Å². The van der Waals surface area contributed by atoms with Crippen molar-refractivity contribution in [1.82, 2.24) is 10.2 Å². The molecule has 23 heavy (non-hydrogen) atoms. The molecule has 0 spiro atoms. The first kappa shape index (κ1) is 17.1. The average Bonchev–Trinajstić information content (AvgIpc) is 2.56. The normalized spacial score (nSPS) is 17.7. The molecule has 1 saturated heterocycles. The summed E-state index contributed by atoms with van der Waals surface area (Å²) in [6.45, 7) is 5.11. The first-order chi connectivity index (χ1) is 10.9. The fourth-order valence-electron chi connectivity index (χ4n) is 2.97. The van der Waals surface area contributed by atoms with Gasteiger partial charge in [-0.3, -0.25) is 4.79 Å². The van der Waals surface area contributed by atoms with Crippen LogP contribution in [0.4, 0.5) is 4.79 Å². The number of benzene rings is 1. The van der Waals surface area contributed by atoms with Crippen LogP contribution in [0.5, 0.6) is 5.75 Å². The van der Waals surface area contributed by atoms with Gasteiger partial charge in [-0.2, -0.15) is 0 Å². The standard InChI is InChI=1S/C17H24N2O4/c1-11-7-13(8-12(2)15(11)20)9-18-16(21)14-5-4-6-19(10-14)17(22)23-3/h7-8,14,20H,4-6,9-10H2,1-3H3,(H,18,21)/t14-/m1/s1. The Morgan fingerprint density at radius 2 is 2.00 bits per heavy atom. The van der Waals surface area contributed by atoms with E-state index < -0.39 is 0 Å². The first-order valence-electron chi connectivity index (χ1n) is 7.82. The molecule has 1 heterocycles. The van der Waals surface area contributed by atoms with Crippen molar-refractivity contribution in [2.24, 2.45) is 5.92 Å². The van der Waals surface area contributed by atoms with Crippen molar-refractivity contribution in [3.8, 4) is 5.75 Å². The number of phenols is 1. The minimum atomic E-state index is -0.382. The van der Waals surface area contributed by atoms with Crippen molar-refractivity contribution < 1.29 is 19.4 Å². The Balaban J connectivity index is 1.93. The molecule has 1 fully saturated rings. The van der Waals surface area contributed by atoms with E-state index in [1.54, 1.807) is 4.90 Å². The van der Waals surface area contributed by atoms with Gasteiger partial charge in [0.15, 0.2) is 0 Å². The van der Waals surface area contributed by atoms with Crippen molar-refractivity contribution in [3.63, 3.8) is 0 Å². The second kappa shape index (κ2) is 7.35. The molecule has 0 bridgehead atoms. The third kappa shape index (κ3) is 4.15. The van der Waals surface area contributed by atoms with Crippen molar-refractivity contribution in [2.75, 3.05) is 20.2 Å². The van der Waals surface area contributed by atoms with Crippen molar-refractivity contribution in [1.29, 1.82) is 0 Å². The second-order valence-corrected chi connectivity index (χ2v) is 6.05. The van der Waals surface area contributed by atoms with E-state index >= 15 is 0 Å². The van der Waals surface area contributed by atoms with E-state index in [0.717, 1.165) is 29.5 Å². The summed E-state index contributed by atoms with van der Waals surface area (Å²) in [5, 5.41) is 12.7. The zero-order valence-corrected chi connectivity index (χ0v) is 13.9. The molecular weight excluding hydrogens is 296 g/mol. The number of nitrogens with one attached hydrogen (secondary N) is 1. The SMILES string of the molecule is COC(=O)N1CCC[C@@H](C(=O)NCc2cc(C)c(O)c(C)c2)C1. The molecule has 1 atom stereocenters. The van der Waals surface area contributed by atoms with Gasteiger partial charge < -0.3 is 20.1 Å². The Labute approximate surface area is 136 Å². The number of hydrogen-bond donors (Lipinski definition) is 2. The number of carbonyl (C=O) groups is 2. The Kier molecular flexibility index (Phi) is 5.47. The van der Waals surface area contributed by atoms with E-state index in [9.17, 15) is 14.7 Å². The Morgan fingerprint density at radius 3 is 2.61 bits per heavy atom. The number of rotatable bonds is 3. The van der Waals surface area contributed by atoms with Gasteiger partial charge in [0.25, 0.3) is 0 Å². The average molecular weight is 320 g/mol. The zero-order valence-electron chi connectivity index (χ0n) is 13.9. The highest BCUT2D eigenvalue weighted by molar-refractivity contribution is 5.80. The number of amides is 2. The van der Waals surface area contributed by atoms with Crippen LogP contribution in [-0.2, 0) is 16.1 Å². The number of carbonyl (C=O) groups excluding carboxylic acids is 2. The molecule has 1 aliphatic heterocycles. The fourth-order valence-corrected chi connectivity index (χ4v) is 2.97. The molecule has 6 nitrogen and oxygen atoms in total. The Morgan fingerprint density at radius 1 is 1.35 bits per heavy atom. The lowest BCUT2D eigenvalue weighted by atomic mass is 9.97. The third-order valence-electron chi connectivity index (χ3n) is 4.24. The van der Waals surface area contributed by atoms with Gasteiger partial charge in [-0.1, -0.05) is 12.1 Å². The lowest BCUT2D eigenvalue weighted by Crippen LogP contribution is -2.45. The van der Waals surface area contributed by atoms with Crippen LogP contribution in [0.1, 0.15) is 29.5 Å². The summed E-state index contributed by atoms with van der Waals surface area (Å²) in [5.74, 6) is 0.0326. The highest BCUT2D eigenvalue weighted by Gasteiger charge is 2.28. The molecule has 0 radical (unpaired) electrons. The number of phenolic OH excluding ortho intramolecular Hbond substituents is 1. The van der Waals surface area contributed by atoms with Gasteiger partial charge in [-0.05, 0) is 43.4 Å². The van der Waals surface area contributed by atoms with E-state index in [1.807, 2.05) is 26.0 Å². The van der Waals surface area contributed by atoms with Crippen LogP contribution in [0, 0.1) is 19.8 Å². The third-order valence-corrected chi connectivity index (χ3v) is 4.24. The molecule has 1 aromatic carbocycles. The smallest absolute Gasteiger partial charge is 0.409 e. The van der Waals surface area contributed by atoms with E-state index in [1.165, 1.54) is 7.11 Å². The van der Waals surface area contributed by atoms with Crippen LogP contribution in [0.3, 0.4) is 0 Å². The van der Waals surface area contributed by atoms with Gasteiger partial charge in [0.1, 0.15) is 5.75 Å².